The molecule has 0 atom stereocenters. The summed E-state index contributed by atoms with van der Waals surface area (Å²) in [6.07, 6.45) is 7.14. The van der Waals surface area contributed by atoms with Crippen LogP contribution in [0.4, 0.5) is 0 Å². The molecule has 2 aromatic carbocycles. The molecule has 4 heteroatoms. The standard InChI is InChI=1S/C25H29.3ClH.Ti/c1-4-5-19-25(21-13-8-6-9-14-21,22-15-10-7-11-16-22)24-18-12-17-23(24)20(2)3;;;;/h6-16,20H,4-5,18-19H2,1-3H3;3*1H;/q;;;;+3/p-3. The van der Waals surface area contributed by atoms with Crippen molar-refractivity contribution in [3.63, 3.8) is 0 Å². The molecule has 154 valence electrons. The quantitative estimate of drug-likeness (QED) is 0.399. The minimum atomic E-state index is -0.0214. The van der Waals surface area contributed by atoms with Crippen LogP contribution in [-0.2, 0) is 25.9 Å². The molecule has 0 amide bonds. The molecule has 3 rings (SSSR count). The van der Waals surface area contributed by atoms with Gasteiger partial charge >= 0.3 is 171 Å². The maximum absolute atomic E-state index is 2.44. The van der Waals surface area contributed by atoms with Crippen LogP contribution in [0.15, 0.2) is 81.8 Å². The molecular formula is C25H29Cl3Ti. The first-order chi connectivity index (χ1) is 12.6. The molecule has 0 saturated heterocycles. The fraction of sp³-hybridized carbons (Fsp3) is 0.360. The van der Waals surface area contributed by atoms with E-state index in [9.17, 15) is 0 Å². The predicted octanol–water partition coefficient (Wildman–Crippen LogP) is -2.04. The normalized spacial score (nSPS) is 13.4. The van der Waals surface area contributed by atoms with Crippen molar-refractivity contribution in [3.8, 4) is 0 Å². The summed E-state index contributed by atoms with van der Waals surface area (Å²) >= 11 is 2.29. The number of halogens is 3. The zero-order valence-electron chi connectivity index (χ0n) is 17.4. The molecule has 0 bridgehead atoms. The van der Waals surface area contributed by atoms with E-state index < -0.39 is 0 Å². The van der Waals surface area contributed by atoms with E-state index in [2.05, 4.69) is 108 Å². The van der Waals surface area contributed by atoms with Crippen LogP contribution in [0.3, 0.4) is 0 Å². The average Bonchev–Trinajstić information content (AvgIpc) is 3.06. The van der Waals surface area contributed by atoms with Gasteiger partial charge in [-0.3, -0.25) is 0 Å². The largest absolute Gasteiger partial charge is 1.00 e. The number of unbranched alkanes of at least 4 members (excludes halogenated alkanes) is 1. The molecule has 0 N–H and O–H groups in total. The summed E-state index contributed by atoms with van der Waals surface area (Å²) in [6.45, 7) is 6.99. The molecule has 0 radical (unpaired) electrons. The minimum Gasteiger partial charge on any atom is -1.00 e. The van der Waals surface area contributed by atoms with E-state index >= 15 is 0 Å². The number of benzene rings is 2. The zero-order chi connectivity index (χ0) is 18.6. The Labute approximate surface area is 207 Å². The van der Waals surface area contributed by atoms with Gasteiger partial charge in [-0.15, -0.1) is 0 Å². The summed E-state index contributed by atoms with van der Waals surface area (Å²) in [5.41, 5.74) is 6.06. The fourth-order valence-corrected chi connectivity index (χ4v) is 5.34. The van der Waals surface area contributed by atoms with E-state index in [0.717, 1.165) is 6.42 Å². The van der Waals surface area contributed by atoms with E-state index in [1.165, 1.54) is 34.3 Å². The Morgan fingerprint density at radius 1 is 0.862 bits per heavy atom. The van der Waals surface area contributed by atoms with E-state index in [1.54, 1.807) is 11.1 Å². The molecule has 2 aromatic rings. The Morgan fingerprint density at radius 3 is 1.76 bits per heavy atom. The van der Waals surface area contributed by atoms with Crippen LogP contribution in [0.25, 0.3) is 0 Å². The van der Waals surface area contributed by atoms with Gasteiger partial charge in [0.1, 0.15) is 0 Å². The maximum atomic E-state index is 2.44. The van der Waals surface area contributed by atoms with Gasteiger partial charge in [0, 0.05) is 0 Å². The Hall–Kier alpha value is -0.496. The van der Waals surface area contributed by atoms with Crippen molar-refractivity contribution in [2.75, 3.05) is 0 Å². The molecule has 0 saturated carbocycles. The molecule has 0 aromatic heterocycles. The van der Waals surface area contributed by atoms with Crippen LogP contribution in [0.1, 0.15) is 57.6 Å². The second-order valence-electron chi connectivity index (χ2n) is 7.61. The van der Waals surface area contributed by atoms with Crippen molar-refractivity contribution >= 4 is 0 Å². The van der Waals surface area contributed by atoms with Crippen molar-refractivity contribution in [1.82, 2.24) is 0 Å². The first-order valence-corrected chi connectivity index (χ1v) is 10.7. The molecule has 1 aliphatic carbocycles. The molecule has 0 heterocycles. The Kier molecular flexibility index (Phi) is 12.8. The van der Waals surface area contributed by atoms with Gasteiger partial charge in [0.25, 0.3) is 0 Å². The minimum absolute atomic E-state index is 0. The number of allylic oxidation sites excluding steroid dienone is 4. The molecule has 0 spiro atoms. The molecule has 0 nitrogen and oxygen atoms in total. The smallest absolute Gasteiger partial charge is 1.00 e. The van der Waals surface area contributed by atoms with Gasteiger partial charge in [0.15, 0.2) is 0 Å². The monoisotopic (exact) mass is 482 g/mol. The third-order valence-corrected chi connectivity index (χ3v) is 6.40. The molecule has 0 fully saturated rings. The summed E-state index contributed by atoms with van der Waals surface area (Å²) in [7, 11) is 0. The summed E-state index contributed by atoms with van der Waals surface area (Å²) in [5.74, 6) is 0.553. The van der Waals surface area contributed by atoms with Crippen LogP contribution >= 0.6 is 0 Å². The van der Waals surface area contributed by atoms with Gasteiger partial charge in [-0.05, 0) is 0 Å². The van der Waals surface area contributed by atoms with Gasteiger partial charge in [-0.1, -0.05) is 0 Å². The number of rotatable bonds is 7. The van der Waals surface area contributed by atoms with E-state index in [4.69, 9.17) is 0 Å². The van der Waals surface area contributed by atoms with E-state index in [-0.39, 0.29) is 42.6 Å². The Morgan fingerprint density at radius 2 is 1.34 bits per heavy atom. The third kappa shape index (κ3) is 5.81. The van der Waals surface area contributed by atoms with Gasteiger partial charge in [-0.2, -0.15) is 0 Å². The summed E-state index contributed by atoms with van der Waals surface area (Å²) in [5, 5.41) is 0. The van der Waals surface area contributed by atoms with Crippen molar-refractivity contribution in [2.45, 2.75) is 51.9 Å². The van der Waals surface area contributed by atoms with Crippen molar-refractivity contribution in [2.24, 2.45) is 5.92 Å². The first-order valence-electron chi connectivity index (χ1n) is 9.88. The van der Waals surface area contributed by atoms with Gasteiger partial charge in [-0.25, -0.2) is 0 Å². The summed E-state index contributed by atoms with van der Waals surface area (Å²) < 4.78 is 1.47. The molecule has 0 aliphatic heterocycles. The average molecular weight is 484 g/mol. The van der Waals surface area contributed by atoms with Crippen molar-refractivity contribution in [1.29, 1.82) is 0 Å². The number of hydrogen-bond acceptors (Lipinski definition) is 0. The van der Waals surface area contributed by atoms with Crippen LogP contribution in [0.2, 0.25) is 0 Å². The fourth-order valence-electron chi connectivity index (χ4n) is 4.49. The summed E-state index contributed by atoms with van der Waals surface area (Å²) in [4.78, 5) is 0. The zero-order valence-corrected chi connectivity index (χ0v) is 21.2. The van der Waals surface area contributed by atoms with Crippen LogP contribution in [0, 0.1) is 5.92 Å². The topological polar surface area (TPSA) is 0 Å². The first kappa shape index (κ1) is 28.5. The molecular weight excluding hydrogens is 455 g/mol. The molecule has 29 heavy (non-hydrogen) atoms. The predicted molar refractivity (Wildman–Crippen MR) is 108 cm³/mol. The van der Waals surface area contributed by atoms with Gasteiger partial charge in [0.05, 0.1) is 0 Å². The summed E-state index contributed by atoms with van der Waals surface area (Å²) in [6, 6.07) is 22.4. The van der Waals surface area contributed by atoms with Crippen LogP contribution in [0.5, 0.6) is 0 Å². The second-order valence-corrected chi connectivity index (χ2v) is 8.45. The Balaban J connectivity index is 0.00000261. The Bertz CT molecular complexity index is 756. The second kappa shape index (κ2) is 13.0. The van der Waals surface area contributed by atoms with Crippen molar-refractivity contribution in [3.05, 3.63) is 92.9 Å². The molecule has 0 unspecified atom stereocenters. The van der Waals surface area contributed by atoms with Gasteiger partial charge < -0.3 is 37.2 Å². The van der Waals surface area contributed by atoms with E-state index in [0.29, 0.717) is 5.92 Å². The van der Waals surface area contributed by atoms with Crippen molar-refractivity contribution < 1.29 is 57.7 Å². The van der Waals surface area contributed by atoms with E-state index in [1.807, 2.05) is 0 Å². The SMILES string of the molecule is CCCCC(C1=C(C(C)C)[C]([Ti+3])=CC1)(c1ccccc1)c1ccccc1.[Cl-].[Cl-].[Cl-]. The van der Waals surface area contributed by atoms with Crippen LogP contribution in [-0.4, -0.2) is 0 Å². The van der Waals surface area contributed by atoms with Crippen LogP contribution < -0.4 is 37.2 Å². The molecule has 1 aliphatic rings. The number of hydrogen-bond donors (Lipinski definition) is 0. The third-order valence-electron chi connectivity index (χ3n) is 5.66. The maximum Gasteiger partial charge on any atom is -1.00 e. The van der Waals surface area contributed by atoms with Gasteiger partial charge in [0.2, 0.25) is 0 Å².